The summed E-state index contributed by atoms with van der Waals surface area (Å²) in [6.45, 7) is 0. The molecule has 0 fully saturated rings. The van der Waals surface area contributed by atoms with Gasteiger partial charge in [-0.1, -0.05) is 0 Å². The molecule has 0 unspecified atom stereocenters. The summed E-state index contributed by atoms with van der Waals surface area (Å²) < 4.78 is 87.6. The van der Waals surface area contributed by atoms with E-state index in [-0.39, 0.29) is 12.1 Å². The molecule has 0 aromatic heterocycles. The van der Waals surface area contributed by atoms with Crippen molar-refractivity contribution in [3.63, 3.8) is 0 Å². The van der Waals surface area contributed by atoms with Crippen LogP contribution in [0, 0.1) is 17.5 Å². The fraction of sp³-hybridized carbons (Fsp3) is 0.222. The first-order valence-electron chi connectivity index (χ1n) is 4.46. The summed E-state index contributed by atoms with van der Waals surface area (Å²) >= 11 is 0. The van der Waals surface area contributed by atoms with Crippen LogP contribution in [0.4, 0.5) is 22.0 Å². The highest BCUT2D eigenvalue weighted by atomic mass is 32.2. The van der Waals surface area contributed by atoms with E-state index in [1.807, 2.05) is 0 Å². The zero-order chi connectivity index (χ0) is 15.0. The standard InChI is InChI=1S/C9H5F5O4S/c10-5-2-1-4(7(11)8(5)12)9(13,14)19(17,18)3-6(15)16/h1-2H,3H2,(H,15,16). The minimum atomic E-state index is -5.63. The van der Waals surface area contributed by atoms with E-state index in [1.54, 1.807) is 0 Å². The van der Waals surface area contributed by atoms with Gasteiger partial charge in [0.25, 0.3) is 0 Å². The van der Waals surface area contributed by atoms with Gasteiger partial charge in [-0.25, -0.2) is 21.6 Å². The summed E-state index contributed by atoms with van der Waals surface area (Å²) in [6.07, 6.45) is 0. The lowest BCUT2D eigenvalue weighted by molar-refractivity contribution is -0.134. The normalized spacial score (nSPS) is 12.5. The summed E-state index contributed by atoms with van der Waals surface area (Å²) in [7, 11) is -5.63. The van der Waals surface area contributed by atoms with Gasteiger partial charge in [0.05, 0.1) is 5.56 Å². The molecule has 0 bridgehead atoms. The van der Waals surface area contributed by atoms with Crippen LogP contribution in [0.25, 0.3) is 0 Å². The van der Waals surface area contributed by atoms with Crippen LogP contribution in [0.2, 0.25) is 0 Å². The van der Waals surface area contributed by atoms with Crippen LogP contribution in [0.15, 0.2) is 12.1 Å². The van der Waals surface area contributed by atoms with Crippen LogP contribution in [-0.2, 0) is 19.9 Å². The number of carboxylic acids is 1. The number of hydrogen-bond acceptors (Lipinski definition) is 3. The highest BCUT2D eigenvalue weighted by Gasteiger charge is 2.50. The first-order chi connectivity index (χ1) is 8.50. The first-order valence-corrected chi connectivity index (χ1v) is 6.12. The van der Waals surface area contributed by atoms with Gasteiger partial charge in [-0.05, 0) is 12.1 Å². The summed E-state index contributed by atoms with van der Waals surface area (Å²) in [6, 6.07) is 0.144. The molecule has 0 aliphatic heterocycles. The van der Waals surface area contributed by atoms with Crippen LogP contribution < -0.4 is 0 Å². The monoisotopic (exact) mass is 304 g/mol. The lowest BCUT2D eigenvalue weighted by Gasteiger charge is -2.17. The maximum atomic E-state index is 13.5. The van der Waals surface area contributed by atoms with Crippen molar-refractivity contribution in [2.45, 2.75) is 5.25 Å². The number of aliphatic carboxylic acids is 1. The molecule has 106 valence electrons. The summed E-state index contributed by atoms with van der Waals surface area (Å²) in [5, 5.41) is 3.19. The lowest BCUT2D eigenvalue weighted by atomic mass is 10.2. The Kier molecular flexibility index (Phi) is 3.84. The minimum absolute atomic E-state index is 0.0349. The molecule has 1 rings (SSSR count). The van der Waals surface area contributed by atoms with E-state index in [0.29, 0.717) is 0 Å². The summed E-state index contributed by atoms with van der Waals surface area (Å²) in [5.41, 5.74) is -1.95. The molecule has 19 heavy (non-hydrogen) atoms. The van der Waals surface area contributed by atoms with Gasteiger partial charge in [-0.2, -0.15) is 8.78 Å². The zero-order valence-electron chi connectivity index (χ0n) is 8.83. The number of benzene rings is 1. The highest BCUT2D eigenvalue weighted by molar-refractivity contribution is 7.92. The molecule has 0 heterocycles. The second kappa shape index (κ2) is 4.76. The Labute approximate surface area is 103 Å². The van der Waals surface area contributed by atoms with E-state index < -0.39 is 49.8 Å². The largest absolute Gasteiger partial charge is 0.480 e. The maximum Gasteiger partial charge on any atom is 0.374 e. The van der Waals surface area contributed by atoms with Crippen molar-refractivity contribution in [1.82, 2.24) is 0 Å². The molecule has 0 atom stereocenters. The van der Waals surface area contributed by atoms with E-state index in [1.165, 1.54) is 0 Å². The molecule has 4 nitrogen and oxygen atoms in total. The number of carboxylic acid groups (broad SMARTS) is 1. The van der Waals surface area contributed by atoms with Crippen molar-refractivity contribution in [3.05, 3.63) is 35.1 Å². The third kappa shape index (κ3) is 2.67. The SMILES string of the molecule is O=C(O)CS(=O)(=O)C(F)(F)c1ccc(F)c(F)c1F. The number of sulfone groups is 1. The summed E-state index contributed by atoms with van der Waals surface area (Å²) in [4.78, 5) is 10.2. The lowest BCUT2D eigenvalue weighted by Crippen LogP contribution is -2.33. The molecule has 0 radical (unpaired) electrons. The van der Waals surface area contributed by atoms with Gasteiger partial charge in [0.1, 0.15) is 0 Å². The van der Waals surface area contributed by atoms with Crippen molar-refractivity contribution in [1.29, 1.82) is 0 Å². The second-order valence-corrected chi connectivity index (χ2v) is 5.42. The number of hydrogen-bond donors (Lipinski definition) is 1. The molecule has 0 aliphatic carbocycles. The van der Waals surface area contributed by atoms with Crippen molar-refractivity contribution in [2.75, 3.05) is 5.75 Å². The van der Waals surface area contributed by atoms with E-state index >= 15 is 0 Å². The molecule has 0 saturated heterocycles. The average molecular weight is 304 g/mol. The van der Waals surface area contributed by atoms with Gasteiger partial charge >= 0.3 is 11.2 Å². The third-order valence-electron chi connectivity index (χ3n) is 2.05. The number of carbonyl (C=O) groups is 1. The molecule has 0 aliphatic rings. The predicted molar refractivity (Wildman–Crippen MR) is 51.6 cm³/mol. The van der Waals surface area contributed by atoms with Crippen LogP contribution in [0.1, 0.15) is 5.56 Å². The third-order valence-corrected chi connectivity index (χ3v) is 3.68. The predicted octanol–water partition coefficient (Wildman–Crippen LogP) is 1.65. The molecule has 0 spiro atoms. The second-order valence-electron chi connectivity index (χ2n) is 3.39. The van der Waals surface area contributed by atoms with E-state index in [9.17, 15) is 35.2 Å². The fourth-order valence-corrected chi connectivity index (χ4v) is 2.17. The van der Waals surface area contributed by atoms with Crippen LogP contribution in [0.5, 0.6) is 0 Å². The Morgan fingerprint density at radius 2 is 1.68 bits per heavy atom. The molecule has 0 saturated carbocycles. The van der Waals surface area contributed by atoms with Crippen LogP contribution >= 0.6 is 0 Å². The van der Waals surface area contributed by atoms with Crippen molar-refractivity contribution >= 4 is 15.8 Å². The van der Waals surface area contributed by atoms with E-state index in [4.69, 9.17) is 5.11 Å². The molecule has 1 N–H and O–H groups in total. The number of halogens is 5. The highest BCUT2D eigenvalue weighted by Crippen LogP contribution is 2.37. The quantitative estimate of drug-likeness (QED) is 0.678. The maximum absolute atomic E-state index is 13.5. The van der Waals surface area contributed by atoms with Gasteiger partial charge in [0.15, 0.2) is 23.2 Å². The van der Waals surface area contributed by atoms with E-state index in [2.05, 4.69) is 0 Å². The molecule has 0 amide bonds. The molecule has 1 aromatic rings. The molecule has 1 aromatic carbocycles. The number of alkyl halides is 2. The first kappa shape index (κ1) is 15.3. The Morgan fingerprint density at radius 1 is 1.16 bits per heavy atom. The molecular weight excluding hydrogens is 299 g/mol. The summed E-state index contributed by atoms with van der Waals surface area (Å²) in [5.74, 6) is -10.5. The van der Waals surface area contributed by atoms with Crippen LogP contribution in [-0.4, -0.2) is 25.2 Å². The van der Waals surface area contributed by atoms with Crippen molar-refractivity contribution < 1.29 is 40.3 Å². The fourth-order valence-electron chi connectivity index (χ4n) is 1.17. The van der Waals surface area contributed by atoms with E-state index in [0.717, 1.165) is 0 Å². The Hall–Kier alpha value is -1.71. The van der Waals surface area contributed by atoms with Gasteiger partial charge in [0.2, 0.25) is 9.84 Å². The van der Waals surface area contributed by atoms with Gasteiger partial charge < -0.3 is 5.11 Å². The molecule has 10 heteroatoms. The Morgan fingerprint density at radius 3 is 2.16 bits per heavy atom. The molecular formula is C9H5F5O4S. The van der Waals surface area contributed by atoms with Gasteiger partial charge in [-0.3, -0.25) is 4.79 Å². The average Bonchev–Trinajstić information content (AvgIpc) is 2.23. The Balaban J connectivity index is 3.44. The topological polar surface area (TPSA) is 71.4 Å². The van der Waals surface area contributed by atoms with Crippen molar-refractivity contribution in [2.24, 2.45) is 0 Å². The van der Waals surface area contributed by atoms with Gasteiger partial charge in [-0.15, -0.1) is 0 Å². The Bertz CT molecular complexity index is 626. The van der Waals surface area contributed by atoms with Crippen LogP contribution in [0.3, 0.4) is 0 Å². The smallest absolute Gasteiger partial charge is 0.374 e. The zero-order valence-corrected chi connectivity index (χ0v) is 9.65. The minimum Gasteiger partial charge on any atom is -0.480 e. The number of rotatable bonds is 4. The van der Waals surface area contributed by atoms with Gasteiger partial charge in [0, 0.05) is 0 Å². The van der Waals surface area contributed by atoms with Crippen molar-refractivity contribution in [3.8, 4) is 0 Å².